The molecule has 0 heterocycles. The molecule has 1 aromatic carbocycles. The number of para-hydroxylation sites is 1. The minimum atomic E-state index is -0.393. The van der Waals surface area contributed by atoms with Gasteiger partial charge in [-0.1, -0.05) is 44.9 Å². The van der Waals surface area contributed by atoms with E-state index in [0.717, 1.165) is 36.9 Å². The molecule has 0 aliphatic heterocycles. The van der Waals surface area contributed by atoms with E-state index in [4.69, 9.17) is 0 Å². The number of carbonyl (C=O) groups excluding carboxylic acids is 2. The first-order valence-electron chi connectivity index (χ1n) is 7.99. The van der Waals surface area contributed by atoms with Crippen molar-refractivity contribution in [2.75, 3.05) is 11.9 Å². The van der Waals surface area contributed by atoms with Crippen LogP contribution in [0.2, 0.25) is 0 Å². The SMILES string of the molecule is CC(C)c1ccccc1NCC(=O)NC(=O)NC1CCCC1. The second-order valence-corrected chi connectivity index (χ2v) is 6.10. The summed E-state index contributed by atoms with van der Waals surface area (Å²) in [7, 11) is 0. The van der Waals surface area contributed by atoms with Crippen molar-refractivity contribution in [2.24, 2.45) is 0 Å². The molecule has 5 heteroatoms. The Morgan fingerprint density at radius 1 is 1.18 bits per heavy atom. The molecular formula is C17H25N3O2. The van der Waals surface area contributed by atoms with E-state index in [0.29, 0.717) is 5.92 Å². The summed E-state index contributed by atoms with van der Waals surface area (Å²) in [5.41, 5.74) is 2.09. The van der Waals surface area contributed by atoms with Crippen LogP contribution in [-0.2, 0) is 4.79 Å². The predicted molar refractivity (Wildman–Crippen MR) is 88.0 cm³/mol. The number of nitrogens with one attached hydrogen (secondary N) is 3. The largest absolute Gasteiger partial charge is 0.376 e. The Morgan fingerprint density at radius 2 is 1.86 bits per heavy atom. The number of benzene rings is 1. The molecule has 1 aromatic rings. The molecule has 1 aliphatic rings. The summed E-state index contributed by atoms with van der Waals surface area (Å²) < 4.78 is 0. The minimum absolute atomic E-state index is 0.0851. The van der Waals surface area contributed by atoms with Gasteiger partial charge in [-0.05, 0) is 30.4 Å². The highest BCUT2D eigenvalue weighted by atomic mass is 16.2. The molecule has 0 saturated heterocycles. The van der Waals surface area contributed by atoms with Crippen LogP contribution in [-0.4, -0.2) is 24.5 Å². The van der Waals surface area contributed by atoms with Gasteiger partial charge < -0.3 is 10.6 Å². The number of hydrogen-bond acceptors (Lipinski definition) is 3. The van der Waals surface area contributed by atoms with Crippen LogP contribution in [0.25, 0.3) is 0 Å². The minimum Gasteiger partial charge on any atom is -0.376 e. The fraction of sp³-hybridized carbons (Fsp3) is 0.529. The second-order valence-electron chi connectivity index (χ2n) is 6.10. The van der Waals surface area contributed by atoms with Crippen molar-refractivity contribution in [1.29, 1.82) is 0 Å². The van der Waals surface area contributed by atoms with Crippen molar-refractivity contribution >= 4 is 17.6 Å². The number of carbonyl (C=O) groups is 2. The molecule has 22 heavy (non-hydrogen) atoms. The van der Waals surface area contributed by atoms with Gasteiger partial charge in [0, 0.05) is 11.7 Å². The van der Waals surface area contributed by atoms with Crippen LogP contribution in [0.4, 0.5) is 10.5 Å². The lowest BCUT2D eigenvalue weighted by Crippen LogP contribution is -2.45. The highest BCUT2D eigenvalue weighted by Gasteiger charge is 2.18. The first-order valence-corrected chi connectivity index (χ1v) is 7.99. The van der Waals surface area contributed by atoms with Gasteiger partial charge >= 0.3 is 6.03 Å². The van der Waals surface area contributed by atoms with Crippen molar-refractivity contribution in [3.8, 4) is 0 Å². The Kier molecular flexibility index (Phi) is 5.81. The maximum atomic E-state index is 11.8. The Balaban J connectivity index is 1.79. The Morgan fingerprint density at radius 3 is 2.55 bits per heavy atom. The molecule has 120 valence electrons. The molecule has 1 saturated carbocycles. The summed E-state index contributed by atoms with van der Waals surface area (Å²) in [4.78, 5) is 23.6. The molecule has 0 aromatic heterocycles. The van der Waals surface area contributed by atoms with Gasteiger partial charge in [-0.3, -0.25) is 10.1 Å². The van der Waals surface area contributed by atoms with E-state index < -0.39 is 6.03 Å². The third-order valence-corrected chi connectivity index (χ3v) is 3.97. The molecule has 0 radical (unpaired) electrons. The van der Waals surface area contributed by atoms with Crippen molar-refractivity contribution in [1.82, 2.24) is 10.6 Å². The van der Waals surface area contributed by atoms with Gasteiger partial charge in [-0.15, -0.1) is 0 Å². The van der Waals surface area contributed by atoms with E-state index in [1.165, 1.54) is 0 Å². The van der Waals surface area contributed by atoms with Crippen LogP contribution in [0, 0.1) is 0 Å². The standard InChI is InChI=1S/C17H25N3O2/c1-12(2)14-9-5-6-10-15(14)18-11-16(21)20-17(22)19-13-7-3-4-8-13/h5-6,9-10,12-13,18H,3-4,7-8,11H2,1-2H3,(H2,19,20,21,22). The second kappa shape index (κ2) is 7.82. The van der Waals surface area contributed by atoms with Crippen LogP contribution in [0.3, 0.4) is 0 Å². The Labute approximate surface area is 131 Å². The first kappa shape index (κ1) is 16.3. The van der Waals surface area contributed by atoms with E-state index in [-0.39, 0.29) is 18.5 Å². The molecule has 0 spiro atoms. The molecule has 0 atom stereocenters. The molecule has 1 fully saturated rings. The normalized spacial score (nSPS) is 14.9. The van der Waals surface area contributed by atoms with E-state index in [1.54, 1.807) is 0 Å². The maximum absolute atomic E-state index is 11.8. The number of rotatable bonds is 5. The third kappa shape index (κ3) is 4.76. The van der Waals surface area contributed by atoms with Gasteiger partial charge in [-0.2, -0.15) is 0 Å². The van der Waals surface area contributed by atoms with Gasteiger partial charge in [0.1, 0.15) is 0 Å². The quantitative estimate of drug-likeness (QED) is 0.783. The van der Waals surface area contributed by atoms with Gasteiger partial charge in [0.25, 0.3) is 0 Å². The number of urea groups is 1. The summed E-state index contributed by atoms with van der Waals surface area (Å²) in [5, 5.41) is 8.31. The van der Waals surface area contributed by atoms with Gasteiger partial charge in [0.15, 0.2) is 0 Å². The van der Waals surface area contributed by atoms with Crippen LogP contribution < -0.4 is 16.0 Å². The number of amides is 3. The van der Waals surface area contributed by atoms with Gasteiger partial charge in [0.2, 0.25) is 5.91 Å². The Hall–Kier alpha value is -2.04. The highest BCUT2D eigenvalue weighted by Crippen LogP contribution is 2.23. The smallest absolute Gasteiger partial charge is 0.321 e. The molecule has 0 bridgehead atoms. The molecule has 3 amide bonds. The zero-order valence-electron chi connectivity index (χ0n) is 13.3. The molecular weight excluding hydrogens is 278 g/mol. The number of anilines is 1. The monoisotopic (exact) mass is 303 g/mol. The lowest BCUT2D eigenvalue weighted by Gasteiger charge is -2.15. The summed E-state index contributed by atoms with van der Waals surface area (Å²) in [6.07, 6.45) is 4.29. The molecule has 0 unspecified atom stereocenters. The van der Waals surface area contributed by atoms with Crippen molar-refractivity contribution in [3.05, 3.63) is 29.8 Å². The van der Waals surface area contributed by atoms with Crippen molar-refractivity contribution < 1.29 is 9.59 Å². The average molecular weight is 303 g/mol. The summed E-state index contributed by atoms with van der Waals surface area (Å²) in [6, 6.07) is 7.71. The van der Waals surface area contributed by atoms with Crippen molar-refractivity contribution in [3.63, 3.8) is 0 Å². The number of imide groups is 1. The molecule has 5 nitrogen and oxygen atoms in total. The predicted octanol–water partition coefficient (Wildman–Crippen LogP) is 2.99. The zero-order valence-corrected chi connectivity index (χ0v) is 13.3. The van der Waals surface area contributed by atoms with Crippen LogP contribution in [0.15, 0.2) is 24.3 Å². The lowest BCUT2D eigenvalue weighted by molar-refractivity contribution is -0.118. The van der Waals surface area contributed by atoms with Crippen molar-refractivity contribution in [2.45, 2.75) is 51.5 Å². The van der Waals surface area contributed by atoms with Crippen LogP contribution in [0.1, 0.15) is 51.0 Å². The summed E-state index contributed by atoms with van der Waals surface area (Å²) in [6.45, 7) is 4.30. The van der Waals surface area contributed by atoms with E-state index in [1.807, 2.05) is 24.3 Å². The number of hydrogen-bond donors (Lipinski definition) is 3. The van der Waals surface area contributed by atoms with Crippen LogP contribution in [0.5, 0.6) is 0 Å². The van der Waals surface area contributed by atoms with Crippen LogP contribution >= 0.6 is 0 Å². The highest BCUT2D eigenvalue weighted by molar-refractivity contribution is 5.96. The summed E-state index contributed by atoms with van der Waals surface area (Å²) >= 11 is 0. The molecule has 1 aliphatic carbocycles. The van der Waals surface area contributed by atoms with Gasteiger partial charge in [0.05, 0.1) is 6.54 Å². The van der Waals surface area contributed by atoms with E-state index >= 15 is 0 Å². The summed E-state index contributed by atoms with van der Waals surface area (Å²) in [5.74, 6) is 0.0477. The fourth-order valence-electron chi connectivity index (χ4n) is 2.80. The lowest BCUT2D eigenvalue weighted by atomic mass is 10.0. The van der Waals surface area contributed by atoms with Gasteiger partial charge in [-0.25, -0.2) is 4.79 Å². The maximum Gasteiger partial charge on any atom is 0.321 e. The van der Waals surface area contributed by atoms with E-state index in [9.17, 15) is 9.59 Å². The molecule has 2 rings (SSSR count). The van der Waals surface area contributed by atoms with E-state index in [2.05, 4.69) is 29.8 Å². The third-order valence-electron chi connectivity index (χ3n) is 3.97. The average Bonchev–Trinajstić information content (AvgIpc) is 2.98. The Bertz CT molecular complexity index is 522. The zero-order chi connectivity index (χ0) is 15.9. The first-order chi connectivity index (χ1) is 10.6. The topological polar surface area (TPSA) is 70.2 Å². The molecule has 3 N–H and O–H groups in total. The fourth-order valence-corrected chi connectivity index (χ4v) is 2.80.